The third kappa shape index (κ3) is 4.28. The second-order valence-corrected chi connectivity index (χ2v) is 5.17. The normalized spacial score (nSPS) is 11.2. The molecule has 0 unspecified atom stereocenters. The molecule has 0 aliphatic rings. The molecule has 0 spiro atoms. The smallest absolute Gasteiger partial charge is 0.413 e. The summed E-state index contributed by atoms with van der Waals surface area (Å²) in [5.74, 6) is -0.350. The molecule has 0 bridgehead atoms. The van der Waals surface area contributed by atoms with E-state index in [9.17, 15) is 9.59 Å². The molecule has 5 heteroatoms. The second-order valence-electron chi connectivity index (χ2n) is 5.17. The summed E-state index contributed by atoms with van der Waals surface area (Å²) in [7, 11) is 0. The molecule has 0 saturated carbocycles. The number of aliphatic carboxylic acids is 1. The van der Waals surface area contributed by atoms with E-state index in [-0.39, 0.29) is 0 Å². The molecular formula is C14H19NO4. The first-order chi connectivity index (χ1) is 8.72. The summed E-state index contributed by atoms with van der Waals surface area (Å²) in [6.45, 7) is 6.91. The quantitative estimate of drug-likeness (QED) is 0.877. The minimum atomic E-state index is -1.37. The molecule has 0 aromatic heterocycles. The number of nitrogens with one attached hydrogen (secondary N) is 1. The van der Waals surface area contributed by atoms with E-state index in [1.807, 2.05) is 12.1 Å². The van der Waals surface area contributed by atoms with Crippen LogP contribution in [-0.4, -0.2) is 22.7 Å². The van der Waals surface area contributed by atoms with E-state index in [0.29, 0.717) is 11.7 Å². The number of carboxylic acid groups (broad SMARTS) is 1. The number of ether oxygens (including phenoxy) is 1. The summed E-state index contributed by atoms with van der Waals surface area (Å²) in [5.41, 5.74) is -0.228. The van der Waals surface area contributed by atoms with Crippen LogP contribution in [0, 0.1) is 0 Å². The average Bonchev–Trinajstić information content (AvgIpc) is 2.28. The Kier molecular flexibility index (Phi) is 4.53. The zero-order chi connectivity index (χ0) is 14.6. The van der Waals surface area contributed by atoms with E-state index in [1.165, 1.54) is 13.8 Å². The fraction of sp³-hybridized carbons (Fsp3) is 0.429. The Bertz CT molecular complexity index is 463. The lowest BCUT2D eigenvalue weighted by atomic mass is 10.0. The fourth-order valence-electron chi connectivity index (χ4n) is 1.36. The Morgan fingerprint density at radius 1 is 1.21 bits per heavy atom. The number of rotatable bonds is 4. The highest BCUT2D eigenvalue weighted by Crippen LogP contribution is 2.18. The fourth-order valence-corrected chi connectivity index (χ4v) is 1.36. The topological polar surface area (TPSA) is 75.6 Å². The van der Waals surface area contributed by atoms with Crippen molar-refractivity contribution in [3.8, 4) is 5.75 Å². The molecular weight excluding hydrogens is 246 g/mol. The van der Waals surface area contributed by atoms with Gasteiger partial charge in [0.15, 0.2) is 0 Å². The van der Waals surface area contributed by atoms with Crippen molar-refractivity contribution in [1.82, 2.24) is 5.32 Å². The van der Waals surface area contributed by atoms with E-state index in [0.717, 1.165) is 5.56 Å². The van der Waals surface area contributed by atoms with E-state index >= 15 is 0 Å². The van der Waals surface area contributed by atoms with Crippen LogP contribution in [0.25, 0.3) is 0 Å². The molecule has 1 aromatic rings. The lowest BCUT2D eigenvalue weighted by Gasteiger charge is -2.20. The van der Waals surface area contributed by atoms with Crippen molar-refractivity contribution in [2.24, 2.45) is 0 Å². The van der Waals surface area contributed by atoms with Gasteiger partial charge in [-0.25, -0.2) is 9.59 Å². The van der Waals surface area contributed by atoms with Crippen LogP contribution in [0.1, 0.15) is 39.2 Å². The van der Waals surface area contributed by atoms with Crippen LogP contribution in [0.5, 0.6) is 5.75 Å². The summed E-state index contributed by atoms with van der Waals surface area (Å²) >= 11 is 0. The van der Waals surface area contributed by atoms with Crippen molar-refractivity contribution in [3.63, 3.8) is 0 Å². The van der Waals surface area contributed by atoms with Crippen LogP contribution in [0.15, 0.2) is 24.3 Å². The van der Waals surface area contributed by atoms with Crippen LogP contribution in [0.3, 0.4) is 0 Å². The number of amides is 1. The van der Waals surface area contributed by atoms with Gasteiger partial charge in [-0.2, -0.15) is 0 Å². The zero-order valence-electron chi connectivity index (χ0n) is 11.6. The van der Waals surface area contributed by atoms with Crippen molar-refractivity contribution < 1.29 is 19.4 Å². The van der Waals surface area contributed by atoms with Gasteiger partial charge in [0.25, 0.3) is 0 Å². The van der Waals surface area contributed by atoms with Gasteiger partial charge in [0.05, 0.1) is 0 Å². The number of carbonyl (C=O) groups is 2. The van der Waals surface area contributed by atoms with E-state index < -0.39 is 17.6 Å². The third-order valence-corrected chi connectivity index (χ3v) is 2.71. The summed E-state index contributed by atoms with van der Waals surface area (Å²) < 4.78 is 5.02. The Hall–Kier alpha value is -2.04. The van der Waals surface area contributed by atoms with Crippen molar-refractivity contribution >= 4 is 12.1 Å². The van der Waals surface area contributed by atoms with Gasteiger partial charge in [-0.05, 0) is 37.5 Å². The molecule has 5 nitrogen and oxygen atoms in total. The predicted octanol–water partition coefficient (Wildman–Crippen LogP) is 2.76. The standard InChI is InChI=1S/C14H19NO4/c1-9(2)10-5-7-11(8-6-10)19-13(18)15-14(3,4)12(16)17/h5-9H,1-4H3,(H,15,18)(H,16,17). The molecule has 0 radical (unpaired) electrons. The van der Waals surface area contributed by atoms with Crippen LogP contribution in [0.2, 0.25) is 0 Å². The minimum Gasteiger partial charge on any atom is -0.480 e. The summed E-state index contributed by atoms with van der Waals surface area (Å²) in [4.78, 5) is 22.4. The maximum atomic E-state index is 11.6. The predicted molar refractivity (Wildman–Crippen MR) is 71.4 cm³/mol. The van der Waals surface area contributed by atoms with Gasteiger partial charge in [0.2, 0.25) is 0 Å². The minimum absolute atomic E-state index is 0.378. The number of hydrogen-bond donors (Lipinski definition) is 2. The molecule has 0 atom stereocenters. The molecule has 0 aliphatic carbocycles. The number of benzene rings is 1. The van der Waals surface area contributed by atoms with Crippen molar-refractivity contribution in [2.45, 2.75) is 39.2 Å². The molecule has 1 aromatic carbocycles. The average molecular weight is 265 g/mol. The third-order valence-electron chi connectivity index (χ3n) is 2.71. The lowest BCUT2D eigenvalue weighted by Crippen LogP contribution is -2.50. The Balaban J connectivity index is 2.65. The van der Waals surface area contributed by atoms with Crippen molar-refractivity contribution in [3.05, 3.63) is 29.8 Å². The maximum Gasteiger partial charge on any atom is 0.413 e. The van der Waals surface area contributed by atoms with Gasteiger partial charge in [0, 0.05) is 0 Å². The first-order valence-corrected chi connectivity index (χ1v) is 6.05. The van der Waals surface area contributed by atoms with Gasteiger partial charge < -0.3 is 15.2 Å². The number of carbonyl (C=O) groups excluding carboxylic acids is 1. The molecule has 1 rings (SSSR count). The monoisotopic (exact) mass is 265 g/mol. The highest BCUT2D eigenvalue weighted by Gasteiger charge is 2.29. The Labute approximate surface area is 112 Å². The van der Waals surface area contributed by atoms with Gasteiger partial charge in [0.1, 0.15) is 11.3 Å². The first-order valence-electron chi connectivity index (χ1n) is 6.05. The molecule has 104 valence electrons. The van der Waals surface area contributed by atoms with Crippen molar-refractivity contribution in [1.29, 1.82) is 0 Å². The molecule has 0 heterocycles. The van der Waals surface area contributed by atoms with Gasteiger partial charge in [-0.1, -0.05) is 26.0 Å². The molecule has 0 aliphatic heterocycles. The van der Waals surface area contributed by atoms with Crippen LogP contribution in [0.4, 0.5) is 4.79 Å². The van der Waals surface area contributed by atoms with Crippen LogP contribution >= 0.6 is 0 Å². The molecule has 2 N–H and O–H groups in total. The first kappa shape index (κ1) is 15.0. The Morgan fingerprint density at radius 3 is 2.16 bits per heavy atom. The summed E-state index contributed by atoms with van der Waals surface area (Å²) in [6, 6.07) is 7.11. The van der Waals surface area contributed by atoms with Gasteiger partial charge in [-0.3, -0.25) is 0 Å². The Morgan fingerprint density at radius 2 is 1.74 bits per heavy atom. The van der Waals surface area contributed by atoms with Crippen molar-refractivity contribution in [2.75, 3.05) is 0 Å². The SMILES string of the molecule is CC(C)c1ccc(OC(=O)NC(C)(C)C(=O)O)cc1. The summed E-state index contributed by atoms with van der Waals surface area (Å²) in [5, 5.41) is 11.2. The highest BCUT2D eigenvalue weighted by molar-refractivity contribution is 5.84. The number of hydrogen-bond acceptors (Lipinski definition) is 3. The lowest BCUT2D eigenvalue weighted by molar-refractivity contribution is -0.143. The maximum absolute atomic E-state index is 11.6. The molecule has 19 heavy (non-hydrogen) atoms. The molecule has 0 fully saturated rings. The largest absolute Gasteiger partial charge is 0.480 e. The van der Waals surface area contributed by atoms with Gasteiger partial charge in [-0.15, -0.1) is 0 Å². The van der Waals surface area contributed by atoms with Gasteiger partial charge >= 0.3 is 12.1 Å². The second kappa shape index (κ2) is 5.73. The highest BCUT2D eigenvalue weighted by atomic mass is 16.6. The summed E-state index contributed by atoms with van der Waals surface area (Å²) in [6.07, 6.45) is -0.787. The van der Waals surface area contributed by atoms with Crippen LogP contribution in [-0.2, 0) is 4.79 Å². The van der Waals surface area contributed by atoms with E-state index in [4.69, 9.17) is 9.84 Å². The van der Waals surface area contributed by atoms with Crippen LogP contribution < -0.4 is 10.1 Å². The van der Waals surface area contributed by atoms with E-state index in [1.54, 1.807) is 12.1 Å². The number of carboxylic acids is 1. The molecule has 0 saturated heterocycles. The van der Waals surface area contributed by atoms with E-state index in [2.05, 4.69) is 19.2 Å². The zero-order valence-corrected chi connectivity index (χ0v) is 11.6. The molecule has 1 amide bonds.